The molecule has 4 amide bonds. The van der Waals surface area contributed by atoms with E-state index < -0.39 is 39.5 Å². The van der Waals surface area contributed by atoms with Gasteiger partial charge in [-0.2, -0.15) is 0 Å². The molecule has 1 atom stereocenters. The van der Waals surface area contributed by atoms with Crippen LogP contribution in [0.1, 0.15) is 115 Å². The molecule has 3 saturated heterocycles. The summed E-state index contributed by atoms with van der Waals surface area (Å²) in [5, 5.41) is 7.37. The number of anilines is 1. The van der Waals surface area contributed by atoms with Crippen molar-refractivity contribution in [3.8, 4) is 11.5 Å². The molecule has 5 heterocycles. The molecular weight excluding hydrogens is 873 g/mol. The molecule has 1 unspecified atom stereocenters. The number of imide groups is 2. The minimum absolute atomic E-state index is 0.102. The van der Waals surface area contributed by atoms with Crippen LogP contribution in [-0.2, 0) is 37.4 Å². The van der Waals surface area contributed by atoms with Crippen molar-refractivity contribution in [1.29, 1.82) is 0 Å². The highest BCUT2D eigenvalue weighted by Gasteiger charge is 2.45. The molecule has 0 spiro atoms. The van der Waals surface area contributed by atoms with Crippen molar-refractivity contribution in [2.45, 2.75) is 101 Å². The Kier molecular flexibility index (Phi) is 15.0. The minimum Gasteiger partial charge on any atom is -0.494 e. The quantitative estimate of drug-likeness (QED) is 0.0819. The summed E-state index contributed by atoms with van der Waals surface area (Å²) >= 11 is 0. The Labute approximate surface area is 393 Å². The van der Waals surface area contributed by atoms with Gasteiger partial charge in [-0.1, -0.05) is 70.2 Å². The number of ether oxygens (including phenoxy) is 2. The molecule has 4 aromatic rings. The fourth-order valence-electron chi connectivity index (χ4n) is 9.45. The highest BCUT2D eigenvalue weighted by molar-refractivity contribution is 7.88. The lowest BCUT2D eigenvalue weighted by Gasteiger charge is -2.49. The number of sulfonamides is 1. The van der Waals surface area contributed by atoms with E-state index >= 15 is 0 Å². The Hall–Kier alpha value is -5.75. The van der Waals surface area contributed by atoms with E-state index in [1.807, 2.05) is 18.2 Å². The van der Waals surface area contributed by atoms with Crippen LogP contribution in [0.25, 0.3) is 0 Å². The number of piperazine rings is 1. The summed E-state index contributed by atoms with van der Waals surface area (Å²) in [6.07, 6.45) is 10.2. The number of primary sulfonamides is 1. The van der Waals surface area contributed by atoms with Gasteiger partial charge in [0.2, 0.25) is 21.8 Å². The van der Waals surface area contributed by atoms with Crippen molar-refractivity contribution in [2.75, 3.05) is 57.3 Å². The van der Waals surface area contributed by atoms with Crippen LogP contribution in [0.3, 0.4) is 0 Å². The number of carbonyl (C=O) groups is 4. The van der Waals surface area contributed by atoms with Gasteiger partial charge in [0.25, 0.3) is 11.8 Å². The van der Waals surface area contributed by atoms with Crippen molar-refractivity contribution >= 4 is 39.3 Å². The predicted octanol–water partition coefficient (Wildman–Crippen LogP) is 5.19. The van der Waals surface area contributed by atoms with Gasteiger partial charge >= 0.3 is 0 Å². The number of nitrogens with one attached hydrogen (secondary N) is 1. The largest absolute Gasteiger partial charge is 0.494 e. The molecular formula is C50H62N8O8S. The maximum absolute atomic E-state index is 13.3. The Morgan fingerprint density at radius 3 is 2.04 bits per heavy atom. The summed E-state index contributed by atoms with van der Waals surface area (Å²) in [7, 11) is -3.72. The molecule has 0 aliphatic carbocycles. The smallest absolute Gasteiger partial charge is 0.262 e. The summed E-state index contributed by atoms with van der Waals surface area (Å²) < 4.78 is 34.8. The first-order valence-electron chi connectivity index (χ1n) is 23.6. The van der Waals surface area contributed by atoms with Gasteiger partial charge < -0.3 is 19.3 Å². The molecule has 3 fully saturated rings. The summed E-state index contributed by atoms with van der Waals surface area (Å²) in [4.78, 5) is 67.0. The third-order valence-electron chi connectivity index (χ3n) is 13.6. The van der Waals surface area contributed by atoms with Crippen LogP contribution < -0.4 is 24.8 Å². The van der Waals surface area contributed by atoms with Crippen molar-refractivity contribution < 1.29 is 37.1 Å². The summed E-state index contributed by atoms with van der Waals surface area (Å²) in [5.41, 5.74) is 4.20. The average molecular weight is 935 g/mol. The molecule has 3 aromatic carbocycles. The third kappa shape index (κ3) is 11.9. The molecule has 67 heavy (non-hydrogen) atoms. The molecule has 0 saturated carbocycles. The number of benzene rings is 3. The molecule has 0 bridgehead atoms. The van der Waals surface area contributed by atoms with E-state index in [1.54, 1.807) is 18.2 Å². The lowest BCUT2D eigenvalue weighted by atomic mass is 9.78. The first-order chi connectivity index (χ1) is 32.2. The summed E-state index contributed by atoms with van der Waals surface area (Å²) in [5.74, 6) is -0.648. The number of carbonyl (C=O) groups excluding carboxylic acids is 4. The van der Waals surface area contributed by atoms with Crippen molar-refractivity contribution in [2.24, 2.45) is 5.14 Å². The Morgan fingerprint density at radius 1 is 0.761 bits per heavy atom. The van der Waals surface area contributed by atoms with Gasteiger partial charge in [-0.3, -0.25) is 34.3 Å². The molecule has 17 heteroatoms. The molecule has 8 rings (SSSR count). The van der Waals surface area contributed by atoms with E-state index in [-0.39, 0.29) is 36.6 Å². The fourth-order valence-corrected chi connectivity index (χ4v) is 9.95. The van der Waals surface area contributed by atoms with Crippen LogP contribution >= 0.6 is 0 Å². The van der Waals surface area contributed by atoms with Crippen LogP contribution in [0.5, 0.6) is 11.5 Å². The van der Waals surface area contributed by atoms with Crippen LogP contribution in [0, 0.1) is 0 Å². The second-order valence-electron chi connectivity index (χ2n) is 18.7. The van der Waals surface area contributed by atoms with Gasteiger partial charge in [-0.15, -0.1) is 0 Å². The fraction of sp³-hybridized carbons (Fsp3) is 0.480. The molecule has 0 radical (unpaired) electrons. The number of fused-ring (bicyclic) bond motifs is 1. The Balaban J connectivity index is 0.652. The first-order valence-corrected chi connectivity index (χ1v) is 25.3. The number of amides is 4. The standard InChI is InChI=1S/C50H62N8O8S/c1-50(2,36-12-17-41(18-13-36)66-33-37-22-23-52-45(53-37)34-67(51,63)64)35-10-15-40(16-11-35)65-29-9-7-5-3-4-6-8-24-55-25-27-56(28-26-55)39-31-57(32-39)38-14-19-42-43(30-38)49(62)58(48(42)61)44-20-21-46(59)54-47(44)60/h10-19,22-23,30,39,44H,3-9,20-21,24-29,31-34H2,1-2H3,(H2,51,63,64)(H,54,59,60). The number of nitrogens with zero attached hydrogens (tertiary/aromatic N) is 6. The van der Waals surface area contributed by atoms with Crippen molar-refractivity contribution in [3.05, 3.63) is 113 Å². The van der Waals surface area contributed by atoms with Gasteiger partial charge in [0.1, 0.15) is 35.7 Å². The highest BCUT2D eigenvalue weighted by Crippen LogP contribution is 2.35. The van der Waals surface area contributed by atoms with Gasteiger partial charge in [0.15, 0.2) is 0 Å². The molecule has 16 nitrogen and oxygen atoms in total. The summed E-state index contributed by atoms with van der Waals surface area (Å²) in [6.45, 7) is 12.4. The van der Waals surface area contributed by atoms with E-state index in [0.29, 0.717) is 35.2 Å². The average Bonchev–Trinajstić information content (AvgIpc) is 3.53. The second kappa shape index (κ2) is 21.0. The first kappa shape index (κ1) is 47.7. The zero-order chi connectivity index (χ0) is 47.1. The monoisotopic (exact) mass is 934 g/mol. The van der Waals surface area contributed by atoms with E-state index in [0.717, 1.165) is 80.6 Å². The van der Waals surface area contributed by atoms with E-state index in [4.69, 9.17) is 14.6 Å². The van der Waals surface area contributed by atoms with Gasteiger partial charge in [0, 0.05) is 69.0 Å². The molecule has 4 aliphatic heterocycles. The van der Waals surface area contributed by atoms with E-state index in [9.17, 15) is 27.6 Å². The number of piperidine rings is 1. The van der Waals surface area contributed by atoms with Gasteiger partial charge in [-0.25, -0.2) is 23.5 Å². The van der Waals surface area contributed by atoms with Crippen molar-refractivity contribution in [1.82, 2.24) is 30.0 Å². The minimum atomic E-state index is -3.72. The number of rotatable bonds is 21. The van der Waals surface area contributed by atoms with E-state index in [2.05, 4.69) is 80.2 Å². The van der Waals surface area contributed by atoms with Crippen LogP contribution in [0.4, 0.5) is 5.69 Å². The van der Waals surface area contributed by atoms with Gasteiger partial charge in [0.05, 0.1) is 23.4 Å². The number of aromatic nitrogens is 2. The molecule has 1 aromatic heterocycles. The summed E-state index contributed by atoms with van der Waals surface area (Å²) in [6, 6.07) is 22.9. The Morgan fingerprint density at radius 2 is 1.39 bits per heavy atom. The number of hydrogen-bond acceptors (Lipinski definition) is 13. The Bertz CT molecular complexity index is 2520. The number of unbranched alkanes of at least 4 members (excludes halogenated alkanes) is 6. The number of hydrogen-bond donors (Lipinski definition) is 2. The topological polar surface area (TPSA) is 198 Å². The SMILES string of the molecule is CC(C)(c1ccc(OCCCCCCCCCN2CCN(C3CN(c4ccc5c(c4)C(=O)N(C4CCC(=O)NC4=O)C5=O)C3)CC2)cc1)c1ccc(OCc2ccnc(CS(N)(=O)=O)n2)cc1. The maximum atomic E-state index is 13.3. The zero-order valence-corrected chi connectivity index (χ0v) is 39.3. The molecule has 356 valence electrons. The maximum Gasteiger partial charge on any atom is 0.262 e. The van der Waals surface area contributed by atoms with E-state index in [1.165, 1.54) is 43.9 Å². The van der Waals surface area contributed by atoms with Crippen LogP contribution in [0.2, 0.25) is 0 Å². The third-order valence-corrected chi connectivity index (χ3v) is 14.3. The molecule has 3 N–H and O–H groups in total. The van der Waals surface area contributed by atoms with Crippen molar-refractivity contribution in [3.63, 3.8) is 0 Å². The predicted molar refractivity (Wildman–Crippen MR) is 253 cm³/mol. The second-order valence-corrected chi connectivity index (χ2v) is 20.3. The lowest BCUT2D eigenvalue weighted by molar-refractivity contribution is -0.136. The zero-order valence-electron chi connectivity index (χ0n) is 38.5. The molecule has 4 aliphatic rings. The lowest BCUT2D eigenvalue weighted by Crippen LogP contribution is -2.63. The van der Waals surface area contributed by atoms with Crippen LogP contribution in [-0.4, -0.2) is 121 Å². The number of nitrogens with two attached hydrogens (primary N) is 1. The van der Waals surface area contributed by atoms with Crippen LogP contribution in [0.15, 0.2) is 79.0 Å². The normalized spacial score (nSPS) is 18.5. The van der Waals surface area contributed by atoms with Gasteiger partial charge in [-0.05, 0) is 85.5 Å². The highest BCUT2D eigenvalue weighted by atomic mass is 32.2.